The van der Waals surface area contributed by atoms with Crippen LogP contribution in [0.3, 0.4) is 0 Å². The maximum absolute atomic E-state index is 10.5. The Labute approximate surface area is 74.5 Å². The topological polar surface area (TPSA) is 57.5 Å². The molecule has 0 aliphatic rings. The van der Waals surface area contributed by atoms with Crippen LogP contribution in [0.25, 0.3) is 0 Å². The maximum atomic E-state index is 10.5. The zero-order valence-electron chi connectivity index (χ0n) is 5.32. The van der Waals surface area contributed by atoms with Gasteiger partial charge in [-0.25, -0.2) is 4.21 Å². The summed E-state index contributed by atoms with van der Waals surface area (Å²) in [4.78, 5) is 0.0133. The summed E-state index contributed by atoms with van der Waals surface area (Å²) in [6.45, 7) is 0. The van der Waals surface area contributed by atoms with Gasteiger partial charge in [-0.2, -0.15) is 0 Å². The molecule has 2 N–H and O–H groups in total. The normalized spacial score (nSPS) is 12.9. The summed E-state index contributed by atoms with van der Waals surface area (Å²) in [7, 11) is 0. The molecule has 0 aromatic heterocycles. The molecule has 1 rings (SSSR count). The van der Waals surface area contributed by atoms with E-state index in [1.54, 1.807) is 6.07 Å². The quantitative estimate of drug-likeness (QED) is 0.731. The van der Waals surface area contributed by atoms with Crippen molar-refractivity contribution in [1.82, 2.24) is 0 Å². The Balaban J connectivity index is 3.23. The predicted molar refractivity (Wildman–Crippen MR) is 44.8 cm³/mol. The van der Waals surface area contributed by atoms with Crippen molar-refractivity contribution in [2.45, 2.75) is 4.90 Å². The number of phenols is 1. The first-order valence-electron chi connectivity index (χ1n) is 2.70. The van der Waals surface area contributed by atoms with Gasteiger partial charge in [-0.15, -0.1) is 0 Å². The molecule has 0 saturated carbocycles. The Bertz CT molecular complexity index is 300. The molecule has 5 heteroatoms. The van der Waals surface area contributed by atoms with E-state index in [0.717, 1.165) is 0 Å². The van der Waals surface area contributed by atoms with Crippen LogP contribution in [0, 0.1) is 0 Å². The van der Waals surface area contributed by atoms with Crippen molar-refractivity contribution in [3.63, 3.8) is 0 Å². The highest BCUT2D eigenvalue weighted by Crippen LogP contribution is 2.23. The fraction of sp³-hybridized carbons (Fsp3) is 0. The molecule has 0 amide bonds. The molecule has 0 bridgehead atoms. The van der Waals surface area contributed by atoms with Gasteiger partial charge in [0.05, 0.1) is 0 Å². The van der Waals surface area contributed by atoms with Crippen LogP contribution in [0.1, 0.15) is 0 Å². The van der Waals surface area contributed by atoms with Crippen molar-refractivity contribution in [3.8, 4) is 5.75 Å². The molecule has 1 unspecified atom stereocenters. The molecular formula is C6H5BrO3S. The lowest BCUT2D eigenvalue weighted by Gasteiger charge is -1.98. The van der Waals surface area contributed by atoms with Gasteiger partial charge in [0.15, 0.2) is 11.1 Å². The summed E-state index contributed by atoms with van der Waals surface area (Å²) in [5, 5.41) is 9.03. The van der Waals surface area contributed by atoms with Crippen molar-refractivity contribution >= 4 is 27.0 Å². The van der Waals surface area contributed by atoms with Crippen LogP contribution in [0.5, 0.6) is 5.75 Å². The second kappa shape index (κ2) is 3.34. The molecule has 1 aromatic rings. The minimum absolute atomic E-state index is 0.0133. The van der Waals surface area contributed by atoms with Crippen LogP contribution in [0.4, 0.5) is 0 Å². The van der Waals surface area contributed by atoms with Gasteiger partial charge in [-0.05, 0) is 18.2 Å². The van der Waals surface area contributed by atoms with Crippen LogP contribution < -0.4 is 0 Å². The predicted octanol–water partition coefficient (Wildman–Crippen LogP) is 1.74. The van der Waals surface area contributed by atoms with Crippen LogP contribution in [0.2, 0.25) is 0 Å². The van der Waals surface area contributed by atoms with Gasteiger partial charge in [-0.3, -0.25) is 0 Å². The highest BCUT2D eigenvalue weighted by Gasteiger charge is 2.06. The van der Waals surface area contributed by atoms with E-state index in [9.17, 15) is 4.21 Å². The Morgan fingerprint density at radius 2 is 2.09 bits per heavy atom. The van der Waals surface area contributed by atoms with E-state index < -0.39 is 11.1 Å². The van der Waals surface area contributed by atoms with Crippen LogP contribution in [-0.4, -0.2) is 13.9 Å². The molecule has 1 atom stereocenters. The van der Waals surface area contributed by atoms with E-state index >= 15 is 0 Å². The lowest BCUT2D eigenvalue weighted by atomic mass is 10.3. The van der Waals surface area contributed by atoms with Gasteiger partial charge in [0, 0.05) is 4.47 Å². The lowest BCUT2D eigenvalue weighted by molar-refractivity contribution is 0.456. The van der Waals surface area contributed by atoms with Gasteiger partial charge in [0.1, 0.15) is 10.6 Å². The van der Waals surface area contributed by atoms with E-state index in [1.165, 1.54) is 12.1 Å². The Morgan fingerprint density at radius 1 is 1.45 bits per heavy atom. The summed E-state index contributed by atoms with van der Waals surface area (Å²) in [6.07, 6.45) is 0. The highest BCUT2D eigenvalue weighted by atomic mass is 79.9. The summed E-state index contributed by atoms with van der Waals surface area (Å²) in [5.41, 5.74) is 0. The smallest absolute Gasteiger partial charge is 0.190 e. The zero-order valence-corrected chi connectivity index (χ0v) is 7.72. The molecule has 1 aromatic carbocycles. The average Bonchev–Trinajstić information content (AvgIpc) is 1.94. The minimum atomic E-state index is -2.13. The second-order valence-electron chi connectivity index (χ2n) is 1.86. The van der Waals surface area contributed by atoms with E-state index in [4.69, 9.17) is 9.66 Å². The molecule has 0 fully saturated rings. The Kier molecular flexibility index (Phi) is 2.64. The summed E-state index contributed by atoms with van der Waals surface area (Å²) in [6, 6.07) is 4.34. The highest BCUT2D eigenvalue weighted by molar-refractivity contribution is 9.10. The standard InChI is InChI=1S/C6H5BrO3S/c7-4-1-2-5(8)6(3-4)11(9)10/h1-3,8H,(H,9,10). The van der Waals surface area contributed by atoms with Crippen molar-refractivity contribution in [3.05, 3.63) is 22.7 Å². The Hall–Kier alpha value is -0.390. The van der Waals surface area contributed by atoms with Crippen LogP contribution >= 0.6 is 15.9 Å². The maximum Gasteiger partial charge on any atom is 0.190 e. The van der Waals surface area contributed by atoms with Crippen LogP contribution in [-0.2, 0) is 11.1 Å². The molecule has 0 aliphatic heterocycles. The Morgan fingerprint density at radius 3 is 2.55 bits per heavy atom. The molecule has 0 saturated heterocycles. The fourth-order valence-electron chi connectivity index (χ4n) is 0.628. The number of benzene rings is 1. The molecule has 0 aliphatic carbocycles. The fourth-order valence-corrected chi connectivity index (χ4v) is 1.62. The van der Waals surface area contributed by atoms with Gasteiger partial charge in [0.2, 0.25) is 0 Å². The number of halogens is 1. The van der Waals surface area contributed by atoms with E-state index in [-0.39, 0.29) is 10.6 Å². The molecule has 11 heavy (non-hydrogen) atoms. The summed E-state index contributed by atoms with van der Waals surface area (Å²) >= 11 is 0.977. The minimum Gasteiger partial charge on any atom is -0.507 e. The first-order chi connectivity index (χ1) is 5.11. The number of phenolic OH excluding ortho intramolecular Hbond substituents is 1. The van der Waals surface area contributed by atoms with Gasteiger partial charge in [0.25, 0.3) is 0 Å². The van der Waals surface area contributed by atoms with E-state index in [2.05, 4.69) is 15.9 Å². The lowest BCUT2D eigenvalue weighted by Crippen LogP contribution is -1.88. The zero-order chi connectivity index (χ0) is 8.43. The number of rotatable bonds is 1. The molecule has 0 radical (unpaired) electrons. The van der Waals surface area contributed by atoms with E-state index in [0.29, 0.717) is 4.47 Å². The molecular weight excluding hydrogens is 232 g/mol. The molecule has 0 heterocycles. The number of hydrogen-bond acceptors (Lipinski definition) is 2. The molecule has 0 spiro atoms. The summed E-state index contributed by atoms with van der Waals surface area (Å²) in [5.74, 6) is -0.172. The third-order valence-corrected chi connectivity index (χ3v) is 2.31. The van der Waals surface area contributed by atoms with Crippen molar-refractivity contribution in [2.75, 3.05) is 0 Å². The second-order valence-corrected chi connectivity index (χ2v) is 3.72. The molecule has 60 valence electrons. The van der Waals surface area contributed by atoms with E-state index in [1.807, 2.05) is 0 Å². The van der Waals surface area contributed by atoms with Gasteiger partial charge < -0.3 is 9.66 Å². The van der Waals surface area contributed by atoms with Gasteiger partial charge >= 0.3 is 0 Å². The first-order valence-corrected chi connectivity index (χ1v) is 4.60. The average molecular weight is 237 g/mol. The number of hydrogen-bond donors (Lipinski definition) is 2. The van der Waals surface area contributed by atoms with Gasteiger partial charge in [-0.1, -0.05) is 15.9 Å². The monoisotopic (exact) mass is 236 g/mol. The third-order valence-electron chi connectivity index (χ3n) is 1.11. The SMILES string of the molecule is O=S(O)c1cc(Br)ccc1O. The van der Waals surface area contributed by atoms with Crippen LogP contribution in [0.15, 0.2) is 27.6 Å². The first kappa shape index (κ1) is 8.70. The molecule has 3 nitrogen and oxygen atoms in total. The third kappa shape index (κ3) is 2.02. The number of aromatic hydroxyl groups is 1. The van der Waals surface area contributed by atoms with Crippen molar-refractivity contribution in [1.29, 1.82) is 0 Å². The van der Waals surface area contributed by atoms with Crippen molar-refractivity contribution < 1.29 is 13.9 Å². The summed E-state index contributed by atoms with van der Waals surface area (Å²) < 4.78 is 19.8. The largest absolute Gasteiger partial charge is 0.507 e. The van der Waals surface area contributed by atoms with Crippen molar-refractivity contribution in [2.24, 2.45) is 0 Å².